The first-order valence-electron chi connectivity index (χ1n) is 9.20. The fourth-order valence-corrected chi connectivity index (χ4v) is 3.11. The van der Waals surface area contributed by atoms with Gasteiger partial charge in [-0.1, -0.05) is 6.92 Å². The number of carbonyl (C=O) groups excluding carboxylic acids is 1. The number of aryl methyl sites for hydroxylation is 2. The molecule has 1 fully saturated rings. The highest BCUT2D eigenvalue weighted by molar-refractivity contribution is 5.95. The number of nitrogens with zero attached hydrogens (tertiary/aromatic N) is 3. The molecule has 142 valence electrons. The summed E-state index contributed by atoms with van der Waals surface area (Å²) in [5.74, 6) is 0.505. The van der Waals surface area contributed by atoms with E-state index in [9.17, 15) is 4.79 Å². The van der Waals surface area contributed by atoms with Gasteiger partial charge in [0.25, 0.3) is 5.91 Å². The van der Waals surface area contributed by atoms with Crippen LogP contribution in [0.5, 0.6) is 5.75 Å². The van der Waals surface area contributed by atoms with Crippen LogP contribution in [-0.4, -0.2) is 41.0 Å². The molecule has 1 N–H and O–H groups in total. The molecule has 27 heavy (non-hydrogen) atoms. The Hall–Kier alpha value is -2.85. The van der Waals surface area contributed by atoms with Gasteiger partial charge in [0, 0.05) is 19.3 Å². The van der Waals surface area contributed by atoms with Gasteiger partial charge in [0.2, 0.25) is 0 Å². The number of nitriles is 1. The number of carbonyl (C=O) groups is 1. The lowest BCUT2D eigenvalue weighted by molar-refractivity contribution is -0.0135. The minimum Gasteiger partial charge on any atom is -0.486 e. The molecular formula is C20H24N4O3. The SMILES string of the molecule is CCCn1cc(C(=O)NC2CCOCC2Oc2ccc(C#N)cc2)c(C)n1. The molecule has 1 aromatic heterocycles. The quantitative estimate of drug-likeness (QED) is 0.846. The highest BCUT2D eigenvalue weighted by Crippen LogP contribution is 2.19. The molecule has 2 atom stereocenters. The lowest BCUT2D eigenvalue weighted by Gasteiger charge is -2.32. The summed E-state index contributed by atoms with van der Waals surface area (Å²) < 4.78 is 13.3. The second-order valence-electron chi connectivity index (χ2n) is 6.63. The van der Waals surface area contributed by atoms with E-state index in [1.165, 1.54) is 0 Å². The maximum absolute atomic E-state index is 12.7. The number of hydrogen-bond donors (Lipinski definition) is 1. The lowest BCUT2D eigenvalue weighted by Crippen LogP contribution is -2.51. The Kier molecular flexibility index (Phi) is 6.09. The molecule has 3 rings (SSSR count). The van der Waals surface area contributed by atoms with Crippen LogP contribution in [0, 0.1) is 18.3 Å². The second-order valence-corrected chi connectivity index (χ2v) is 6.63. The van der Waals surface area contributed by atoms with E-state index >= 15 is 0 Å². The third-order valence-electron chi connectivity index (χ3n) is 4.54. The number of nitrogens with one attached hydrogen (secondary N) is 1. The molecule has 1 aromatic carbocycles. The Labute approximate surface area is 158 Å². The second kappa shape index (κ2) is 8.69. The number of amides is 1. The van der Waals surface area contributed by atoms with Gasteiger partial charge in [0.15, 0.2) is 0 Å². The van der Waals surface area contributed by atoms with Crippen molar-refractivity contribution < 1.29 is 14.3 Å². The van der Waals surface area contributed by atoms with Crippen molar-refractivity contribution in [2.75, 3.05) is 13.2 Å². The summed E-state index contributed by atoms with van der Waals surface area (Å²) in [6.07, 6.45) is 3.14. The van der Waals surface area contributed by atoms with E-state index in [0.29, 0.717) is 36.5 Å². The Morgan fingerprint density at radius 1 is 1.44 bits per heavy atom. The van der Waals surface area contributed by atoms with E-state index in [-0.39, 0.29) is 18.1 Å². The average molecular weight is 368 g/mol. The maximum Gasteiger partial charge on any atom is 0.255 e. The van der Waals surface area contributed by atoms with E-state index < -0.39 is 0 Å². The van der Waals surface area contributed by atoms with Gasteiger partial charge in [-0.05, 0) is 44.0 Å². The summed E-state index contributed by atoms with van der Waals surface area (Å²) >= 11 is 0. The van der Waals surface area contributed by atoms with Gasteiger partial charge < -0.3 is 14.8 Å². The molecule has 0 saturated carbocycles. The van der Waals surface area contributed by atoms with Crippen molar-refractivity contribution >= 4 is 5.91 Å². The Morgan fingerprint density at radius 2 is 2.22 bits per heavy atom. The number of rotatable bonds is 6. The van der Waals surface area contributed by atoms with Crippen molar-refractivity contribution in [3.05, 3.63) is 47.3 Å². The summed E-state index contributed by atoms with van der Waals surface area (Å²) in [5.41, 5.74) is 1.89. The van der Waals surface area contributed by atoms with Crippen LogP contribution >= 0.6 is 0 Å². The zero-order valence-electron chi connectivity index (χ0n) is 15.6. The van der Waals surface area contributed by atoms with Crippen LogP contribution in [0.15, 0.2) is 30.5 Å². The largest absolute Gasteiger partial charge is 0.486 e. The predicted octanol–water partition coefficient (Wildman–Crippen LogP) is 2.44. The first-order chi connectivity index (χ1) is 13.1. The van der Waals surface area contributed by atoms with Gasteiger partial charge in [-0.15, -0.1) is 0 Å². The van der Waals surface area contributed by atoms with Crippen LogP contribution < -0.4 is 10.1 Å². The Bertz CT molecular complexity index is 823. The number of benzene rings is 1. The van der Waals surface area contributed by atoms with Crippen LogP contribution in [0.4, 0.5) is 0 Å². The minimum atomic E-state index is -0.290. The van der Waals surface area contributed by atoms with Gasteiger partial charge in [-0.25, -0.2) is 0 Å². The summed E-state index contributed by atoms with van der Waals surface area (Å²) in [4.78, 5) is 12.7. The van der Waals surface area contributed by atoms with E-state index in [2.05, 4.69) is 23.4 Å². The zero-order valence-corrected chi connectivity index (χ0v) is 15.6. The number of ether oxygens (including phenoxy) is 2. The van der Waals surface area contributed by atoms with E-state index in [4.69, 9.17) is 14.7 Å². The smallest absolute Gasteiger partial charge is 0.255 e. The molecule has 1 amide bonds. The molecular weight excluding hydrogens is 344 g/mol. The number of hydrogen-bond acceptors (Lipinski definition) is 5. The van der Waals surface area contributed by atoms with Crippen LogP contribution in [0.25, 0.3) is 0 Å². The molecule has 1 saturated heterocycles. The summed E-state index contributed by atoms with van der Waals surface area (Å²) in [5, 5.41) is 16.4. The molecule has 0 spiro atoms. The molecule has 0 radical (unpaired) electrons. The number of aromatic nitrogens is 2. The molecule has 0 aliphatic carbocycles. The van der Waals surface area contributed by atoms with E-state index in [0.717, 1.165) is 18.7 Å². The molecule has 7 nitrogen and oxygen atoms in total. The van der Waals surface area contributed by atoms with Crippen LogP contribution in [0.2, 0.25) is 0 Å². The zero-order chi connectivity index (χ0) is 19.2. The topological polar surface area (TPSA) is 89.2 Å². The fourth-order valence-electron chi connectivity index (χ4n) is 3.11. The average Bonchev–Trinajstić information content (AvgIpc) is 3.04. The van der Waals surface area contributed by atoms with Crippen molar-refractivity contribution in [1.82, 2.24) is 15.1 Å². The molecule has 1 aliphatic rings. The van der Waals surface area contributed by atoms with Crippen molar-refractivity contribution in [2.45, 2.75) is 45.4 Å². The summed E-state index contributed by atoms with van der Waals surface area (Å²) in [6.45, 7) is 5.68. The lowest BCUT2D eigenvalue weighted by atomic mass is 10.1. The first kappa shape index (κ1) is 18.9. The first-order valence-corrected chi connectivity index (χ1v) is 9.20. The fraction of sp³-hybridized carbons (Fsp3) is 0.450. The predicted molar refractivity (Wildman–Crippen MR) is 99.5 cm³/mol. The molecule has 7 heteroatoms. The normalized spacial score (nSPS) is 19.3. The van der Waals surface area contributed by atoms with Crippen molar-refractivity contribution in [3.8, 4) is 11.8 Å². The van der Waals surface area contributed by atoms with Crippen molar-refractivity contribution in [2.24, 2.45) is 0 Å². The van der Waals surface area contributed by atoms with Crippen molar-refractivity contribution in [3.63, 3.8) is 0 Å². The Morgan fingerprint density at radius 3 is 2.93 bits per heavy atom. The van der Waals surface area contributed by atoms with Gasteiger partial charge in [-0.2, -0.15) is 10.4 Å². The van der Waals surface area contributed by atoms with Gasteiger partial charge in [0.05, 0.1) is 35.5 Å². The third kappa shape index (κ3) is 4.66. The van der Waals surface area contributed by atoms with Crippen LogP contribution in [-0.2, 0) is 11.3 Å². The highest BCUT2D eigenvalue weighted by Gasteiger charge is 2.30. The molecule has 2 heterocycles. The third-order valence-corrected chi connectivity index (χ3v) is 4.54. The van der Waals surface area contributed by atoms with E-state index in [1.54, 1.807) is 35.1 Å². The molecule has 1 aliphatic heterocycles. The monoisotopic (exact) mass is 368 g/mol. The van der Waals surface area contributed by atoms with Crippen LogP contribution in [0.1, 0.15) is 41.4 Å². The highest BCUT2D eigenvalue weighted by atomic mass is 16.5. The maximum atomic E-state index is 12.7. The van der Waals surface area contributed by atoms with Gasteiger partial charge >= 0.3 is 0 Å². The van der Waals surface area contributed by atoms with Gasteiger partial charge in [0.1, 0.15) is 11.9 Å². The summed E-state index contributed by atoms with van der Waals surface area (Å²) in [6, 6.07) is 8.85. The molecule has 2 aromatic rings. The Balaban J connectivity index is 1.67. The summed E-state index contributed by atoms with van der Waals surface area (Å²) in [7, 11) is 0. The molecule has 0 bridgehead atoms. The van der Waals surface area contributed by atoms with Crippen molar-refractivity contribution in [1.29, 1.82) is 5.26 Å². The van der Waals surface area contributed by atoms with Gasteiger partial charge in [-0.3, -0.25) is 9.48 Å². The molecule has 2 unspecified atom stereocenters. The van der Waals surface area contributed by atoms with E-state index in [1.807, 2.05) is 6.92 Å². The van der Waals surface area contributed by atoms with Crippen LogP contribution in [0.3, 0.4) is 0 Å². The minimum absolute atomic E-state index is 0.143. The standard InChI is InChI=1S/C20H24N4O3/c1-3-9-24-12-17(14(2)23-24)20(25)22-18-8-10-26-13-19(18)27-16-6-4-15(11-21)5-7-16/h4-7,12,18-19H,3,8-10,13H2,1-2H3,(H,22,25).